The standard InChI is InChI=1S/C13H15F2NO3/c14-11(15)10-9(5-4-8-16-10)19-13(12(17)18)6-2-1-3-7-13/h4-5,8,11H,1-3,6-7H2,(H,17,18). The van der Waals surface area contributed by atoms with E-state index in [1.54, 1.807) is 0 Å². The van der Waals surface area contributed by atoms with Gasteiger partial charge < -0.3 is 9.84 Å². The fourth-order valence-electron chi connectivity index (χ4n) is 2.35. The highest BCUT2D eigenvalue weighted by atomic mass is 19.3. The van der Waals surface area contributed by atoms with Crippen LogP contribution in [0.2, 0.25) is 0 Å². The molecule has 19 heavy (non-hydrogen) atoms. The average Bonchev–Trinajstić information content (AvgIpc) is 2.40. The number of pyridine rings is 1. The second kappa shape index (κ2) is 5.50. The van der Waals surface area contributed by atoms with Crippen LogP contribution in [-0.2, 0) is 4.79 Å². The minimum Gasteiger partial charge on any atom is -0.478 e. The smallest absolute Gasteiger partial charge is 0.348 e. The molecule has 4 nitrogen and oxygen atoms in total. The van der Waals surface area contributed by atoms with E-state index in [2.05, 4.69) is 4.98 Å². The molecule has 1 heterocycles. The van der Waals surface area contributed by atoms with Gasteiger partial charge in [-0.1, -0.05) is 6.42 Å². The molecule has 2 rings (SSSR count). The van der Waals surface area contributed by atoms with Crippen molar-refractivity contribution in [2.45, 2.75) is 44.1 Å². The van der Waals surface area contributed by atoms with Gasteiger partial charge in [-0.3, -0.25) is 4.98 Å². The number of carboxylic acid groups (broad SMARTS) is 1. The summed E-state index contributed by atoms with van der Waals surface area (Å²) >= 11 is 0. The minimum absolute atomic E-state index is 0.137. The molecule has 1 N–H and O–H groups in total. The Bertz CT molecular complexity index is 459. The summed E-state index contributed by atoms with van der Waals surface area (Å²) in [5, 5.41) is 9.35. The van der Waals surface area contributed by atoms with Crippen molar-refractivity contribution in [3.63, 3.8) is 0 Å². The zero-order valence-electron chi connectivity index (χ0n) is 10.3. The van der Waals surface area contributed by atoms with Crippen molar-refractivity contribution in [3.05, 3.63) is 24.0 Å². The molecule has 1 fully saturated rings. The zero-order valence-corrected chi connectivity index (χ0v) is 10.3. The molecule has 0 bridgehead atoms. The van der Waals surface area contributed by atoms with Crippen molar-refractivity contribution in [1.29, 1.82) is 0 Å². The highest BCUT2D eigenvalue weighted by Gasteiger charge is 2.43. The predicted molar refractivity (Wildman–Crippen MR) is 63.3 cm³/mol. The highest BCUT2D eigenvalue weighted by molar-refractivity contribution is 5.78. The summed E-state index contributed by atoms with van der Waals surface area (Å²) in [6, 6.07) is 2.80. The first-order chi connectivity index (χ1) is 9.05. The van der Waals surface area contributed by atoms with Gasteiger partial charge in [0.1, 0.15) is 11.4 Å². The maximum absolute atomic E-state index is 12.8. The van der Waals surface area contributed by atoms with Crippen LogP contribution in [0.4, 0.5) is 8.78 Å². The van der Waals surface area contributed by atoms with Gasteiger partial charge in [0, 0.05) is 6.20 Å². The lowest BCUT2D eigenvalue weighted by Crippen LogP contribution is -2.46. The van der Waals surface area contributed by atoms with Gasteiger partial charge in [-0.2, -0.15) is 0 Å². The van der Waals surface area contributed by atoms with Crippen LogP contribution in [0.1, 0.15) is 44.2 Å². The minimum atomic E-state index is -2.79. The fraction of sp³-hybridized carbons (Fsp3) is 0.538. The molecule has 1 aliphatic rings. The van der Waals surface area contributed by atoms with Crippen LogP contribution in [0.25, 0.3) is 0 Å². The molecule has 0 unspecified atom stereocenters. The number of aliphatic carboxylic acids is 1. The normalized spacial score (nSPS) is 18.3. The summed E-state index contributed by atoms with van der Waals surface area (Å²) in [5.41, 5.74) is -1.90. The summed E-state index contributed by atoms with van der Waals surface area (Å²) in [7, 11) is 0. The van der Waals surface area contributed by atoms with Crippen molar-refractivity contribution in [3.8, 4) is 5.75 Å². The largest absolute Gasteiger partial charge is 0.478 e. The Morgan fingerprint density at radius 1 is 1.37 bits per heavy atom. The van der Waals surface area contributed by atoms with Crippen LogP contribution in [-0.4, -0.2) is 21.7 Å². The lowest BCUT2D eigenvalue weighted by Gasteiger charge is -2.34. The number of aromatic nitrogens is 1. The number of halogens is 2. The van der Waals surface area contributed by atoms with E-state index in [1.807, 2.05) is 0 Å². The van der Waals surface area contributed by atoms with Crippen molar-refractivity contribution in [1.82, 2.24) is 4.98 Å². The van der Waals surface area contributed by atoms with E-state index in [1.165, 1.54) is 18.3 Å². The van der Waals surface area contributed by atoms with Gasteiger partial charge in [-0.25, -0.2) is 13.6 Å². The van der Waals surface area contributed by atoms with E-state index in [0.717, 1.165) is 19.3 Å². The maximum Gasteiger partial charge on any atom is 0.348 e. The molecule has 1 aliphatic carbocycles. The van der Waals surface area contributed by atoms with E-state index in [0.29, 0.717) is 12.8 Å². The second-order valence-electron chi connectivity index (χ2n) is 4.65. The summed E-state index contributed by atoms with van der Waals surface area (Å²) in [6.45, 7) is 0. The third kappa shape index (κ3) is 2.83. The Kier molecular flexibility index (Phi) is 3.97. The molecule has 1 aromatic rings. The van der Waals surface area contributed by atoms with E-state index in [9.17, 15) is 18.7 Å². The quantitative estimate of drug-likeness (QED) is 0.913. The SMILES string of the molecule is O=C(O)C1(Oc2cccnc2C(F)F)CCCCC1. The van der Waals surface area contributed by atoms with Crippen molar-refractivity contribution < 1.29 is 23.4 Å². The summed E-state index contributed by atoms with van der Waals surface area (Å²) < 4.78 is 31.1. The first kappa shape index (κ1) is 13.7. The molecule has 1 saturated carbocycles. The number of alkyl halides is 2. The summed E-state index contributed by atoms with van der Waals surface area (Å²) in [4.78, 5) is 15.0. The van der Waals surface area contributed by atoms with E-state index in [-0.39, 0.29) is 5.75 Å². The van der Waals surface area contributed by atoms with Crippen LogP contribution in [0.5, 0.6) is 5.75 Å². The Labute approximate surface area is 109 Å². The number of hydrogen-bond donors (Lipinski definition) is 1. The first-order valence-corrected chi connectivity index (χ1v) is 6.21. The van der Waals surface area contributed by atoms with Crippen LogP contribution in [0, 0.1) is 0 Å². The van der Waals surface area contributed by atoms with Crippen molar-refractivity contribution in [2.75, 3.05) is 0 Å². The monoisotopic (exact) mass is 271 g/mol. The molecular weight excluding hydrogens is 256 g/mol. The zero-order chi connectivity index (χ0) is 13.9. The van der Waals surface area contributed by atoms with Crippen LogP contribution in [0.15, 0.2) is 18.3 Å². The third-order valence-electron chi connectivity index (χ3n) is 3.36. The molecule has 0 aromatic carbocycles. The Morgan fingerprint density at radius 2 is 2.05 bits per heavy atom. The van der Waals surface area contributed by atoms with E-state index < -0.39 is 23.7 Å². The summed E-state index contributed by atoms with van der Waals surface area (Å²) in [5.74, 6) is -1.24. The first-order valence-electron chi connectivity index (χ1n) is 6.21. The third-order valence-corrected chi connectivity index (χ3v) is 3.36. The molecular formula is C13H15F2NO3. The molecule has 0 radical (unpaired) electrons. The number of carbonyl (C=O) groups is 1. The van der Waals surface area contributed by atoms with Gasteiger partial charge in [0.05, 0.1) is 0 Å². The van der Waals surface area contributed by atoms with Gasteiger partial charge in [-0.15, -0.1) is 0 Å². The van der Waals surface area contributed by atoms with Crippen LogP contribution in [0.3, 0.4) is 0 Å². The number of rotatable bonds is 4. The lowest BCUT2D eigenvalue weighted by molar-refractivity contribution is -0.158. The van der Waals surface area contributed by atoms with E-state index in [4.69, 9.17) is 4.74 Å². The maximum atomic E-state index is 12.8. The van der Waals surface area contributed by atoms with Crippen LogP contribution < -0.4 is 4.74 Å². The average molecular weight is 271 g/mol. The molecule has 0 spiro atoms. The fourth-order valence-corrected chi connectivity index (χ4v) is 2.35. The molecule has 0 atom stereocenters. The van der Waals surface area contributed by atoms with Crippen molar-refractivity contribution in [2.24, 2.45) is 0 Å². The molecule has 0 aliphatic heterocycles. The molecule has 104 valence electrons. The Balaban J connectivity index is 2.29. The van der Waals surface area contributed by atoms with Gasteiger partial charge >= 0.3 is 5.97 Å². The van der Waals surface area contributed by atoms with Gasteiger partial charge in [-0.05, 0) is 37.8 Å². The molecule has 6 heteroatoms. The lowest BCUT2D eigenvalue weighted by atomic mass is 9.84. The van der Waals surface area contributed by atoms with Crippen molar-refractivity contribution >= 4 is 5.97 Å². The molecule has 0 saturated heterocycles. The number of ether oxygens (including phenoxy) is 1. The van der Waals surface area contributed by atoms with Gasteiger partial charge in [0.2, 0.25) is 5.60 Å². The second-order valence-corrected chi connectivity index (χ2v) is 4.65. The summed E-state index contributed by atoms with van der Waals surface area (Å²) in [6.07, 6.45) is 1.49. The Morgan fingerprint density at radius 3 is 2.63 bits per heavy atom. The topological polar surface area (TPSA) is 59.4 Å². The number of carboxylic acids is 1. The van der Waals surface area contributed by atoms with Gasteiger partial charge in [0.15, 0.2) is 0 Å². The van der Waals surface area contributed by atoms with Crippen LogP contribution >= 0.6 is 0 Å². The Hall–Kier alpha value is -1.72. The molecule has 1 aromatic heterocycles. The van der Waals surface area contributed by atoms with E-state index >= 15 is 0 Å². The highest BCUT2D eigenvalue weighted by Crippen LogP contribution is 2.36. The number of nitrogens with zero attached hydrogens (tertiary/aromatic N) is 1. The molecule has 0 amide bonds. The number of hydrogen-bond acceptors (Lipinski definition) is 3. The van der Waals surface area contributed by atoms with Gasteiger partial charge in [0.25, 0.3) is 6.43 Å². The predicted octanol–water partition coefficient (Wildman–Crippen LogP) is 3.19.